The maximum Gasteiger partial charge on any atom is 0.220 e. The smallest absolute Gasteiger partial charge is 0.220 e. The molecule has 3 rings (SSSR count). The van der Waals surface area contributed by atoms with Crippen molar-refractivity contribution < 1.29 is 4.79 Å². The van der Waals surface area contributed by atoms with Gasteiger partial charge in [-0.1, -0.05) is 29.8 Å². The van der Waals surface area contributed by atoms with Gasteiger partial charge in [-0.05, 0) is 32.3 Å². The minimum atomic E-state index is 0.125. The van der Waals surface area contributed by atoms with E-state index in [4.69, 9.17) is 0 Å². The molecule has 1 unspecified atom stereocenters. The summed E-state index contributed by atoms with van der Waals surface area (Å²) in [5, 5.41) is 11.4. The van der Waals surface area contributed by atoms with E-state index in [1.807, 2.05) is 6.92 Å². The Morgan fingerprint density at radius 3 is 2.82 bits per heavy atom. The van der Waals surface area contributed by atoms with E-state index in [0.29, 0.717) is 6.42 Å². The largest absolute Gasteiger partial charge is 0.352 e. The Hall–Kier alpha value is -2.17. The molecule has 0 saturated carbocycles. The lowest BCUT2D eigenvalue weighted by Gasteiger charge is -2.24. The highest BCUT2D eigenvalue weighted by Gasteiger charge is 2.22. The van der Waals surface area contributed by atoms with Crippen LogP contribution in [0, 0.1) is 13.8 Å². The van der Waals surface area contributed by atoms with Crippen molar-refractivity contribution in [3.63, 3.8) is 0 Å². The molecule has 1 aromatic carbocycles. The molecule has 5 heteroatoms. The first-order chi connectivity index (χ1) is 10.6. The van der Waals surface area contributed by atoms with Gasteiger partial charge in [0, 0.05) is 25.4 Å². The Morgan fingerprint density at radius 1 is 1.27 bits per heavy atom. The SMILES string of the molecule is Cc1ccc(CCC(=O)NC2CCc3nnc(C)n3C2)cc1. The summed E-state index contributed by atoms with van der Waals surface area (Å²) in [6.07, 6.45) is 3.14. The second kappa shape index (κ2) is 6.30. The maximum atomic E-state index is 12.1. The molecule has 1 amide bonds. The number of fused-ring (bicyclic) bond motifs is 1. The molecular formula is C17H22N4O. The molecule has 0 radical (unpaired) electrons. The molecule has 0 aliphatic carbocycles. The van der Waals surface area contributed by atoms with Crippen molar-refractivity contribution in [2.24, 2.45) is 0 Å². The molecule has 1 aliphatic rings. The fourth-order valence-electron chi connectivity index (χ4n) is 2.89. The van der Waals surface area contributed by atoms with Crippen molar-refractivity contribution >= 4 is 5.91 Å². The minimum Gasteiger partial charge on any atom is -0.352 e. The third-order valence-electron chi connectivity index (χ3n) is 4.26. The van der Waals surface area contributed by atoms with Crippen LogP contribution in [0.15, 0.2) is 24.3 Å². The van der Waals surface area contributed by atoms with Crippen molar-refractivity contribution in [3.8, 4) is 0 Å². The number of rotatable bonds is 4. The average molecular weight is 298 g/mol. The van der Waals surface area contributed by atoms with Gasteiger partial charge in [0.1, 0.15) is 11.6 Å². The van der Waals surface area contributed by atoms with Crippen LogP contribution in [0.1, 0.15) is 35.6 Å². The topological polar surface area (TPSA) is 59.8 Å². The number of benzene rings is 1. The van der Waals surface area contributed by atoms with Crippen LogP contribution in [0.4, 0.5) is 0 Å². The maximum absolute atomic E-state index is 12.1. The van der Waals surface area contributed by atoms with Gasteiger partial charge in [-0.15, -0.1) is 10.2 Å². The fraction of sp³-hybridized carbons (Fsp3) is 0.471. The first-order valence-electron chi connectivity index (χ1n) is 7.85. The van der Waals surface area contributed by atoms with Gasteiger partial charge in [-0.3, -0.25) is 4.79 Å². The zero-order valence-corrected chi connectivity index (χ0v) is 13.2. The van der Waals surface area contributed by atoms with E-state index in [1.165, 1.54) is 11.1 Å². The Morgan fingerprint density at radius 2 is 2.05 bits per heavy atom. The predicted octanol–water partition coefficient (Wildman–Crippen LogP) is 1.96. The number of hydrogen-bond donors (Lipinski definition) is 1. The molecule has 2 heterocycles. The third kappa shape index (κ3) is 3.35. The van der Waals surface area contributed by atoms with E-state index in [2.05, 4.69) is 51.3 Å². The summed E-state index contributed by atoms with van der Waals surface area (Å²) >= 11 is 0. The average Bonchev–Trinajstić information content (AvgIpc) is 2.88. The number of carbonyl (C=O) groups excluding carboxylic acids is 1. The van der Waals surface area contributed by atoms with E-state index in [1.54, 1.807) is 0 Å². The van der Waals surface area contributed by atoms with Crippen molar-refractivity contribution in [1.82, 2.24) is 20.1 Å². The lowest BCUT2D eigenvalue weighted by molar-refractivity contribution is -0.122. The standard InChI is InChI=1S/C17H22N4O/c1-12-3-5-14(6-4-12)7-10-17(22)18-15-8-9-16-20-19-13(2)21(16)11-15/h3-6,15H,7-11H2,1-2H3,(H,18,22). The molecule has 0 bridgehead atoms. The number of amides is 1. The van der Waals surface area contributed by atoms with Gasteiger partial charge in [0.15, 0.2) is 0 Å². The van der Waals surface area contributed by atoms with E-state index >= 15 is 0 Å². The monoisotopic (exact) mass is 298 g/mol. The lowest BCUT2D eigenvalue weighted by Crippen LogP contribution is -2.41. The minimum absolute atomic E-state index is 0.125. The van der Waals surface area contributed by atoms with Crippen LogP contribution in [0.25, 0.3) is 0 Å². The van der Waals surface area contributed by atoms with Gasteiger partial charge < -0.3 is 9.88 Å². The van der Waals surface area contributed by atoms with Crippen LogP contribution in [0.3, 0.4) is 0 Å². The molecule has 1 aromatic heterocycles. The second-order valence-electron chi connectivity index (χ2n) is 6.06. The quantitative estimate of drug-likeness (QED) is 0.938. The summed E-state index contributed by atoms with van der Waals surface area (Å²) in [7, 11) is 0. The predicted molar refractivity (Wildman–Crippen MR) is 84.5 cm³/mol. The van der Waals surface area contributed by atoms with Crippen LogP contribution >= 0.6 is 0 Å². The van der Waals surface area contributed by atoms with E-state index < -0.39 is 0 Å². The van der Waals surface area contributed by atoms with Crippen LogP contribution in [0.5, 0.6) is 0 Å². The summed E-state index contributed by atoms with van der Waals surface area (Å²) in [6, 6.07) is 8.55. The van der Waals surface area contributed by atoms with Gasteiger partial charge in [0.05, 0.1) is 0 Å². The highest BCUT2D eigenvalue weighted by atomic mass is 16.1. The molecule has 22 heavy (non-hydrogen) atoms. The Labute approximate surface area is 130 Å². The van der Waals surface area contributed by atoms with Gasteiger partial charge in [0.25, 0.3) is 0 Å². The summed E-state index contributed by atoms with van der Waals surface area (Å²) in [4.78, 5) is 12.1. The summed E-state index contributed by atoms with van der Waals surface area (Å²) in [5.41, 5.74) is 2.46. The molecule has 0 fully saturated rings. The number of nitrogens with zero attached hydrogens (tertiary/aromatic N) is 3. The second-order valence-corrected chi connectivity index (χ2v) is 6.06. The Balaban J connectivity index is 1.50. The van der Waals surface area contributed by atoms with Crippen LogP contribution < -0.4 is 5.32 Å². The molecule has 116 valence electrons. The van der Waals surface area contributed by atoms with Crippen LogP contribution in [-0.2, 0) is 24.2 Å². The first kappa shape index (κ1) is 14.8. The lowest BCUT2D eigenvalue weighted by atomic mass is 10.1. The molecule has 0 saturated heterocycles. The third-order valence-corrected chi connectivity index (χ3v) is 4.26. The van der Waals surface area contributed by atoms with Crippen molar-refractivity contribution in [2.75, 3.05) is 0 Å². The molecule has 0 spiro atoms. The summed E-state index contributed by atoms with van der Waals surface area (Å²) in [6.45, 7) is 4.81. The molecule has 1 N–H and O–H groups in total. The van der Waals surface area contributed by atoms with Crippen molar-refractivity contribution in [2.45, 2.75) is 52.1 Å². The van der Waals surface area contributed by atoms with E-state index in [-0.39, 0.29) is 11.9 Å². The number of aryl methyl sites for hydroxylation is 4. The first-order valence-corrected chi connectivity index (χ1v) is 7.85. The molecular weight excluding hydrogens is 276 g/mol. The number of aromatic nitrogens is 3. The van der Waals surface area contributed by atoms with E-state index in [9.17, 15) is 4.79 Å². The Kier molecular flexibility index (Phi) is 4.22. The van der Waals surface area contributed by atoms with E-state index in [0.717, 1.165) is 37.5 Å². The van der Waals surface area contributed by atoms with Crippen molar-refractivity contribution in [3.05, 3.63) is 47.0 Å². The number of nitrogens with one attached hydrogen (secondary N) is 1. The summed E-state index contributed by atoms with van der Waals surface area (Å²) < 4.78 is 2.11. The van der Waals surface area contributed by atoms with Gasteiger partial charge in [-0.25, -0.2) is 0 Å². The molecule has 5 nitrogen and oxygen atoms in total. The normalized spacial score (nSPS) is 17.1. The number of hydrogen-bond acceptors (Lipinski definition) is 3. The zero-order valence-electron chi connectivity index (χ0n) is 13.2. The molecule has 1 aliphatic heterocycles. The van der Waals surface area contributed by atoms with Crippen LogP contribution in [-0.4, -0.2) is 26.7 Å². The van der Waals surface area contributed by atoms with Crippen LogP contribution in [0.2, 0.25) is 0 Å². The summed E-state index contributed by atoms with van der Waals surface area (Å²) in [5.74, 6) is 2.08. The Bertz CT molecular complexity index is 660. The van der Waals surface area contributed by atoms with Crippen molar-refractivity contribution in [1.29, 1.82) is 0 Å². The molecule has 1 atom stereocenters. The van der Waals surface area contributed by atoms with Gasteiger partial charge in [0.2, 0.25) is 5.91 Å². The van der Waals surface area contributed by atoms with Gasteiger partial charge >= 0.3 is 0 Å². The van der Waals surface area contributed by atoms with Gasteiger partial charge in [-0.2, -0.15) is 0 Å². The highest BCUT2D eigenvalue weighted by molar-refractivity contribution is 5.76. The zero-order chi connectivity index (χ0) is 15.5. The fourth-order valence-corrected chi connectivity index (χ4v) is 2.89. The highest BCUT2D eigenvalue weighted by Crippen LogP contribution is 2.15. The molecule has 2 aromatic rings. The number of carbonyl (C=O) groups is 1.